The van der Waals surface area contributed by atoms with Gasteiger partial charge in [0.05, 0.1) is 12.7 Å². The first-order valence-corrected chi connectivity index (χ1v) is 7.77. The van der Waals surface area contributed by atoms with E-state index in [4.69, 9.17) is 9.84 Å². The van der Waals surface area contributed by atoms with Crippen molar-refractivity contribution in [2.45, 2.75) is 10.6 Å². The lowest BCUT2D eigenvalue weighted by molar-refractivity contribution is 0.0693. The number of halogens is 2. The highest BCUT2D eigenvalue weighted by Gasteiger charge is 2.12. The number of carboxylic acid groups (broad SMARTS) is 1. The Balaban J connectivity index is 2.20. The highest BCUT2D eigenvalue weighted by atomic mass is 79.9. The maximum atomic E-state index is 13.9. The summed E-state index contributed by atoms with van der Waals surface area (Å²) in [6.45, 7) is 0. The van der Waals surface area contributed by atoms with Crippen molar-refractivity contribution >= 4 is 33.7 Å². The molecule has 2 aromatic rings. The minimum Gasteiger partial charge on any atom is -0.497 e. The number of methoxy groups -OCH3 is 1. The van der Waals surface area contributed by atoms with Crippen molar-refractivity contribution in [2.75, 3.05) is 7.11 Å². The molecule has 0 aliphatic rings. The Morgan fingerprint density at radius 1 is 1.33 bits per heavy atom. The second-order valence-corrected chi connectivity index (χ2v) is 6.12. The van der Waals surface area contributed by atoms with Crippen LogP contribution in [0.4, 0.5) is 4.39 Å². The van der Waals surface area contributed by atoms with Crippen molar-refractivity contribution in [2.24, 2.45) is 0 Å². The molecule has 0 aliphatic carbocycles. The average molecular weight is 371 g/mol. The van der Waals surface area contributed by atoms with E-state index in [9.17, 15) is 9.18 Å². The lowest BCUT2D eigenvalue weighted by Crippen LogP contribution is -1.99. The molecule has 110 valence electrons. The highest BCUT2D eigenvalue weighted by molar-refractivity contribution is 9.10. The van der Waals surface area contributed by atoms with Crippen LogP contribution in [0.1, 0.15) is 15.9 Å². The van der Waals surface area contributed by atoms with Gasteiger partial charge in [0, 0.05) is 21.2 Å². The van der Waals surface area contributed by atoms with E-state index in [1.165, 1.54) is 31.0 Å². The van der Waals surface area contributed by atoms with Crippen LogP contribution in [0, 0.1) is 5.82 Å². The second kappa shape index (κ2) is 6.95. The van der Waals surface area contributed by atoms with Crippen molar-refractivity contribution in [3.05, 3.63) is 57.8 Å². The zero-order chi connectivity index (χ0) is 15.4. The monoisotopic (exact) mass is 370 g/mol. The molecular weight excluding hydrogens is 359 g/mol. The van der Waals surface area contributed by atoms with Crippen molar-refractivity contribution in [1.82, 2.24) is 0 Å². The van der Waals surface area contributed by atoms with E-state index in [1.54, 1.807) is 24.3 Å². The summed E-state index contributed by atoms with van der Waals surface area (Å²) < 4.78 is 19.6. The summed E-state index contributed by atoms with van der Waals surface area (Å²) in [4.78, 5) is 11.8. The van der Waals surface area contributed by atoms with Crippen molar-refractivity contribution in [3.63, 3.8) is 0 Å². The van der Waals surface area contributed by atoms with Gasteiger partial charge in [0.25, 0.3) is 0 Å². The first-order chi connectivity index (χ1) is 10.0. The van der Waals surface area contributed by atoms with Crippen LogP contribution in [-0.2, 0) is 5.75 Å². The van der Waals surface area contributed by atoms with Gasteiger partial charge in [-0.15, -0.1) is 11.8 Å². The molecule has 6 heteroatoms. The van der Waals surface area contributed by atoms with Crippen LogP contribution >= 0.6 is 27.7 Å². The number of thioether (sulfide) groups is 1. The van der Waals surface area contributed by atoms with E-state index in [2.05, 4.69) is 15.9 Å². The van der Waals surface area contributed by atoms with Gasteiger partial charge < -0.3 is 9.84 Å². The molecule has 0 radical (unpaired) electrons. The third kappa shape index (κ3) is 3.98. The summed E-state index contributed by atoms with van der Waals surface area (Å²) in [6.07, 6.45) is 0. The Morgan fingerprint density at radius 2 is 2.10 bits per heavy atom. The molecule has 0 amide bonds. The van der Waals surface area contributed by atoms with Crippen LogP contribution in [0.3, 0.4) is 0 Å². The quantitative estimate of drug-likeness (QED) is 0.782. The maximum Gasteiger partial charge on any atom is 0.336 e. The fourth-order valence-electron chi connectivity index (χ4n) is 1.72. The lowest BCUT2D eigenvalue weighted by atomic mass is 10.2. The summed E-state index contributed by atoms with van der Waals surface area (Å²) in [6, 6.07) is 9.54. The number of aromatic carboxylic acids is 1. The molecule has 0 aromatic heterocycles. The Bertz CT molecular complexity index is 676. The van der Waals surface area contributed by atoms with Gasteiger partial charge in [0.2, 0.25) is 0 Å². The van der Waals surface area contributed by atoms with Crippen LogP contribution < -0.4 is 4.74 Å². The summed E-state index contributed by atoms with van der Waals surface area (Å²) in [5, 5.41) is 9.16. The van der Waals surface area contributed by atoms with Gasteiger partial charge in [0.15, 0.2) is 0 Å². The minimum absolute atomic E-state index is 0.206. The first-order valence-electron chi connectivity index (χ1n) is 5.99. The normalized spacial score (nSPS) is 10.4. The molecule has 0 saturated heterocycles. The molecule has 0 fully saturated rings. The van der Waals surface area contributed by atoms with Crippen LogP contribution in [-0.4, -0.2) is 18.2 Å². The number of ether oxygens (including phenoxy) is 1. The molecule has 0 bridgehead atoms. The molecule has 0 atom stereocenters. The zero-order valence-corrected chi connectivity index (χ0v) is 13.5. The van der Waals surface area contributed by atoms with Gasteiger partial charge in [-0.2, -0.15) is 0 Å². The summed E-state index contributed by atoms with van der Waals surface area (Å²) in [7, 11) is 1.48. The maximum absolute atomic E-state index is 13.9. The fraction of sp³-hybridized carbons (Fsp3) is 0.133. The molecule has 1 N–H and O–H groups in total. The van der Waals surface area contributed by atoms with E-state index in [0.29, 0.717) is 22.0 Å². The highest BCUT2D eigenvalue weighted by Crippen LogP contribution is 2.30. The summed E-state index contributed by atoms with van der Waals surface area (Å²) in [5.41, 5.74) is 0.703. The van der Waals surface area contributed by atoms with E-state index < -0.39 is 5.97 Å². The smallest absolute Gasteiger partial charge is 0.336 e. The Morgan fingerprint density at radius 3 is 2.71 bits per heavy atom. The molecule has 0 aliphatic heterocycles. The van der Waals surface area contributed by atoms with Crippen LogP contribution in [0.5, 0.6) is 5.75 Å². The fourth-order valence-corrected chi connectivity index (χ4v) is 3.30. The number of benzene rings is 2. The van der Waals surface area contributed by atoms with Gasteiger partial charge in [-0.1, -0.05) is 22.0 Å². The molecule has 0 saturated carbocycles. The third-order valence-electron chi connectivity index (χ3n) is 2.82. The molecule has 21 heavy (non-hydrogen) atoms. The van der Waals surface area contributed by atoms with Gasteiger partial charge in [0.1, 0.15) is 11.6 Å². The number of rotatable bonds is 5. The van der Waals surface area contributed by atoms with Crippen LogP contribution in [0.2, 0.25) is 0 Å². The van der Waals surface area contributed by atoms with Crippen LogP contribution in [0.25, 0.3) is 0 Å². The predicted molar refractivity (Wildman–Crippen MR) is 83.6 cm³/mol. The zero-order valence-electron chi connectivity index (χ0n) is 11.1. The summed E-state index contributed by atoms with van der Waals surface area (Å²) >= 11 is 4.59. The average Bonchev–Trinajstić information content (AvgIpc) is 2.45. The topological polar surface area (TPSA) is 46.5 Å². The number of carbonyl (C=O) groups is 1. The van der Waals surface area contributed by atoms with E-state index >= 15 is 0 Å². The number of hydrogen-bond donors (Lipinski definition) is 1. The molecule has 2 aromatic carbocycles. The molecule has 0 spiro atoms. The van der Waals surface area contributed by atoms with Gasteiger partial charge in [-0.3, -0.25) is 0 Å². The van der Waals surface area contributed by atoms with Crippen molar-refractivity contribution in [3.8, 4) is 5.75 Å². The van der Waals surface area contributed by atoms with Crippen LogP contribution in [0.15, 0.2) is 45.8 Å². The summed E-state index contributed by atoms with van der Waals surface area (Å²) in [5.74, 6) is -0.573. The number of hydrogen-bond acceptors (Lipinski definition) is 3. The predicted octanol–water partition coefficient (Wildman–Crippen LogP) is 4.59. The van der Waals surface area contributed by atoms with Gasteiger partial charge in [-0.25, -0.2) is 9.18 Å². The van der Waals surface area contributed by atoms with E-state index in [0.717, 1.165) is 4.47 Å². The van der Waals surface area contributed by atoms with Crippen molar-refractivity contribution in [1.29, 1.82) is 0 Å². The van der Waals surface area contributed by atoms with Gasteiger partial charge >= 0.3 is 5.97 Å². The second-order valence-electron chi connectivity index (χ2n) is 4.19. The Labute approximate surface area is 134 Å². The largest absolute Gasteiger partial charge is 0.497 e. The molecule has 0 unspecified atom stereocenters. The molecule has 3 nitrogen and oxygen atoms in total. The molecule has 0 heterocycles. The van der Waals surface area contributed by atoms with E-state index in [1.807, 2.05) is 0 Å². The van der Waals surface area contributed by atoms with E-state index in [-0.39, 0.29) is 11.4 Å². The molecule has 2 rings (SSSR count). The minimum atomic E-state index is -1.000. The molecular formula is C15H12BrFO3S. The standard InChI is InChI=1S/C15H12BrFO3S/c1-20-11-4-2-9(13(17)7-11)8-21-14-6-10(16)3-5-12(14)15(18)19/h2-7H,8H2,1H3,(H,18,19). The Kier molecular flexibility index (Phi) is 5.25. The number of carboxylic acids is 1. The lowest BCUT2D eigenvalue weighted by Gasteiger charge is -2.08. The first kappa shape index (κ1) is 15.9. The third-order valence-corrected chi connectivity index (χ3v) is 4.41. The SMILES string of the molecule is COc1ccc(CSc2cc(Br)ccc2C(=O)O)c(F)c1. The van der Waals surface area contributed by atoms with Gasteiger partial charge in [-0.05, 0) is 29.8 Å². The Hall–Kier alpha value is -1.53. The van der Waals surface area contributed by atoms with Crippen molar-refractivity contribution < 1.29 is 19.0 Å².